The van der Waals surface area contributed by atoms with E-state index in [1.54, 1.807) is 62.4 Å². The van der Waals surface area contributed by atoms with Crippen molar-refractivity contribution in [2.45, 2.75) is 25.6 Å². The van der Waals surface area contributed by atoms with Crippen LogP contribution in [0.2, 0.25) is 0 Å². The molecule has 0 fully saturated rings. The summed E-state index contributed by atoms with van der Waals surface area (Å²) in [5, 5.41) is 3.99. The number of rotatable bonds is 2. The van der Waals surface area contributed by atoms with Crippen molar-refractivity contribution in [2.75, 3.05) is 10.6 Å². The Morgan fingerprint density at radius 1 is 1.06 bits per heavy atom. The van der Waals surface area contributed by atoms with Crippen molar-refractivity contribution >= 4 is 28.6 Å². The number of amides is 1. The molecule has 168 valence electrons. The second kappa shape index (κ2) is 6.96. The summed E-state index contributed by atoms with van der Waals surface area (Å²) in [6, 6.07) is 14.7. The number of ether oxygens (including phenoxy) is 1. The molecule has 0 bridgehead atoms. The zero-order valence-corrected chi connectivity index (χ0v) is 17.6. The first-order chi connectivity index (χ1) is 15.6. The zero-order valence-electron chi connectivity index (χ0n) is 17.6. The van der Waals surface area contributed by atoms with E-state index in [2.05, 4.69) is 10.1 Å². The molecule has 1 amide bonds. The summed E-state index contributed by atoms with van der Waals surface area (Å²) in [5.74, 6) is -0.0554. The lowest BCUT2D eigenvalue weighted by molar-refractivity contribution is -0.136. The van der Waals surface area contributed by atoms with Gasteiger partial charge < -0.3 is 10.5 Å². The molecule has 0 saturated heterocycles. The highest BCUT2D eigenvalue weighted by atomic mass is 19.4. The topological polar surface area (TPSA) is 85.8 Å². The van der Waals surface area contributed by atoms with Gasteiger partial charge in [-0.1, -0.05) is 24.3 Å². The molecule has 4 aromatic rings. The van der Waals surface area contributed by atoms with E-state index in [4.69, 9.17) is 10.5 Å². The first kappa shape index (κ1) is 20.8. The van der Waals surface area contributed by atoms with Crippen molar-refractivity contribution < 1.29 is 22.7 Å². The molecular weight excluding hydrogens is 435 g/mol. The van der Waals surface area contributed by atoms with Gasteiger partial charge in [-0.15, -0.1) is 0 Å². The summed E-state index contributed by atoms with van der Waals surface area (Å²) in [6.07, 6.45) is -3.55. The minimum atomic E-state index is -4.65. The van der Waals surface area contributed by atoms with E-state index in [0.717, 1.165) is 16.9 Å². The highest BCUT2D eigenvalue weighted by molar-refractivity contribution is 6.08. The SMILES string of the molecule is CC1(C)Oc2ccccc2N(c2cccc(-c3cc(C(F)(F)F)c4c(N)ncnn34)c2)C1=O. The lowest BCUT2D eigenvalue weighted by Crippen LogP contribution is -2.50. The smallest absolute Gasteiger partial charge is 0.418 e. The number of carbonyl (C=O) groups is 1. The monoisotopic (exact) mass is 453 g/mol. The van der Waals surface area contributed by atoms with Crippen LogP contribution in [0.3, 0.4) is 0 Å². The van der Waals surface area contributed by atoms with Crippen molar-refractivity contribution in [2.24, 2.45) is 0 Å². The normalized spacial score (nSPS) is 15.4. The standard InChI is InChI=1S/C23H18F3N5O2/c1-22(2)21(32)30(16-8-3-4-9-18(16)33-22)14-7-5-6-13(10-14)17-11-15(23(24,25)26)19-20(27)28-12-29-31(17)19/h3-12H,1-2H3,(H2,27,28,29). The van der Waals surface area contributed by atoms with Gasteiger partial charge in [0.2, 0.25) is 0 Å². The van der Waals surface area contributed by atoms with Crippen LogP contribution in [0, 0.1) is 0 Å². The van der Waals surface area contributed by atoms with Gasteiger partial charge in [0.25, 0.3) is 5.91 Å². The van der Waals surface area contributed by atoms with Crippen LogP contribution in [0.1, 0.15) is 19.4 Å². The molecule has 0 radical (unpaired) electrons. The average Bonchev–Trinajstić information content (AvgIpc) is 3.16. The highest BCUT2D eigenvalue weighted by Crippen LogP contribution is 2.43. The molecule has 0 spiro atoms. The number of nitrogens with zero attached hydrogens (tertiary/aromatic N) is 4. The number of aromatic nitrogens is 3. The highest BCUT2D eigenvalue weighted by Gasteiger charge is 2.42. The fourth-order valence-corrected chi connectivity index (χ4v) is 3.98. The third-order valence-corrected chi connectivity index (χ3v) is 5.48. The molecule has 2 aromatic heterocycles. The van der Waals surface area contributed by atoms with Crippen molar-refractivity contribution in [3.8, 4) is 17.0 Å². The number of benzene rings is 2. The van der Waals surface area contributed by atoms with Gasteiger partial charge in [-0.05, 0) is 44.2 Å². The van der Waals surface area contributed by atoms with Crippen LogP contribution in [0.4, 0.5) is 30.4 Å². The molecule has 1 aliphatic rings. The van der Waals surface area contributed by atoms with E-state index >= 15 is 0 Å². The molecule has 0 unspecified atom stereocenters. The number of carbonyl (C=O) groups excluding carboxylic acids is 1. The molecule has 5 rings (SSSR count). The molecule has 1 aliphatic heterocycles. The third-order valence-electron chi connectivity index (χ3n) is 5.48. The number of halogens is 3. The Morgan fingerprint density at radius 3 is 2.58 bits per heavy atom. The van der Waals surface area contributed by atoms with Crippen LogP contribution in [0.5, 0.6) is 5.75 Å². The number of hydrogen-bond donors (Lipinski definition) is 1. The zero-order chi connectivity index (χ0) is 23.5. The van der Waals surface area contributed by atoms with Gasteiger partial charge in [-0.25, -0.2) is 9.50 Å². The van der Waals surface area contributed by atoms with E-state index in [1.807, 2.05) is 0 Å². The summed E-state index contributed by atoms with van der Waals surface area (Å²) in [7, 11) is 0. The van der Waals surface area contributed by atoms with Gasteiger partial charge in [0, 0.05) is 11.3 Å². The van der Waals surface area contributed by atoms with Crippen LogP contribution >= 0.6 is 0 Å². The lowest BCUT2D eigenvalue weighted by atomic mass is 10.0. The second-order valence-corrected chi connectivity index (χ2v) is 8.12. The molecule has 33 heavy (non-hydrogen) atoms. The molecule has 0 atom stereocenters. The molecular formula is C23H18F3N5O2. The van der Waals surface area contributed by atoms with E-state index in [1.165, 1.54) is 4.90 Å². The largest absolute Gasteiger partial charge is 0.476 e. The van der Waals surface area contributed by atoms with Gasteiger partial charge in [-0.2, -0.15) is 18.3 Å². The number of anilines is 3. The van der Waals surface area contributed by atoms with Crippen molar-refractivity contribution in [1.29, 1.82) is 0 Å². The number of nitrogen functional groups attached to an aromatic ring is 1. The predicted molar refractivity (Wildman–Crippen MR) is 116 cm³/mol. The number of fused-ring (bicyclic) bond motifs is 2. The molecule has 0 aliphatic carbocycles. The van der Waals surface area contributed by atoms with E-state index < -0.39 is 17.3 Å². The van der Waals surface area contributed by atoms with E-state index in [-0.39, 0.29) is 22.9 Å². The summed E-state index contributed by atoms with van der Waals surface area (Å²) in [5.41, 5.74) is 4.98. The first-order valence-electron chi connectivity index (χ1n) is 10.0. The Balaban J connectivity index is 1.70. The fraction of sp³-hybridized carbons (Fsp3) is 0.174. The molecule has 2 N–H and O–H groups in total. The Labute approximate surface area is 186 Å². The van der Waals surface area contributed by atoms with Gasteiger partial charge in [-0.3, -0.25) is 9.69 Å². The van der Waals surface area contributed by atoms with E-state index in [0.29, 0.717) is 22.7 Å². The summed E-state index contributed by atoms with van der Waals surface area (Å²) < 4.78 is 48.1. The van der Waals surface area contributed by atoms with Crippen molar-refractivity contribution in [3.63, 3.8) is 0 Å². The summed E-state index contributed by atoms with van der Waals surface area (Å²) in [6.45, 7) is 3.33. The van der Waals surface area contributed by atoms with E-state index in [9.17, 15) is 18.0 Å². The van der Waals surface area contributed by atoms with Crippen LogP contribution in [0.15, 0.2) is 60.9 Å². The molecule has 2 aromatic carbocycles. The minimum Gasteiger partial charge on any atom is -0.476 e. The molecule has 0 saturated carbocycles. The predicted octanol–water partition coefficient (Wildman–Crippen LogP) is 4.83. The van der Waals surface area contributed by atoms with Gasteiger partial charge in [0.05, 0.1) is 16.9 Å². The summed E-state index contributed by atoms with van der Waals surface area (Å²) >= 11 is 0. The molecule has 7 nitrogen and oxygen atoms in total. The Hall–Kier alpha value is -4.08. The average molecular weight is 453 g/mol. The lowest BCUT2D eigenvalue weighted by Gasteiger charge is -2.38. The number of alkyl halides is 3. The van der Waals surface area contributed by atoms with Crippen molar-refractivity contribution in [3.05, 3.63) is 66.5 Å². The first-order valence-corrected chi connectivity index (χ1v) is 10.0. The number of nitrogens with two attached hydrogens (primary N) is 1. The Morgan fingerprint density at radius 2 is 1.82 bits per heavy atom. The number of hydrogen-bond acceptors (Lipinski definition) is 5. The Kier molecular flexibility index (Phi) is 4.39. The fourth-order valence-electron chi connectivity index (χ4n) is 3.98. The van der Waals surface area contributed by atoms with Crippen LogP contribution in [-0.2, 0) is 11.0 Å². The second-order valence-electron chi connectivity index (χ2n) is 8.12. The summed E-state index contributed by atoms with van der Waals surface area (Å²) in [4.78, 5) is 18.5. The molecule has 10 heteroatoms. The van der Waals surface area contributed by atoms with Gasteiger partial charge in [0.15, 0.2) is 11.4 Å². The van der Waals surface area contributed by atoms with Gasteiger partial charge in [0.1, 0.15) is 17.6 Å². The maximum absolute atomic E-state index is 13.7. The van der Waals surface area contributed by atoms with Crippen molar-refractivity contribution in [1.82, 2.24) is 14.6 Å². The number of para-hydroxylation sites is 2. The maximum Gasteiger partial charge on any atom is 0.418 e. The van der Waals surface area contributed by atoms with Crippen LogP contribution in [-0.4, -0.2) is 26.1 Å². The van der Waals surface area contributed by atoms with Crippen LogP contribution in [0.25, 0.3) is 16.8 Å². The minimum absolute atomic E-state index is 0.168. The van der Waals surface area contributed by atoms with Gasteiger partial charge >= 0.3 is 6.18 Å². The maximum atomic E-state index is 13.7. The van der Waals surface area contributed by atoms with Crippen LogP contribution < -0.4 is 15.4 Å². The quantitative estimate of drug-likeness (QED) is 0.470. The Bertz CT molecular complexity index is 1410. The molecule has 3 heterocycles. The third kappa shape index (κ3) is 3.25.